The average Bonchev–Trinajstić information content (AvgIpc) is 2.54. The Labute approximate surface area is 131 Å². The van der Waals surface area contributed by atoms with Crippen molar-refractivity contribution in [1.82, 2.24) is 0 Å². The fourth-order valence-electron chi connectivity index (χ4n) is 5.72. The van der Waals surface area contributed by atoms with Crippen LogP contribution >= 0.6 is 0 Å². The molecule has 4 fully saturated rings. The number of methoxy groups -OCH3 is 1. The average molecular weight is 298 g/mol. The van der Waals surface area contributed by atoms with E-state index in [2.05, 4.69) is 0 Å². The van der Waals surface area contributed by atoms with Gasteiger partial charge in [-0.1, -0.05) is 30.3 Å². The largest absolute Gasteiger partial charge is 0.468 e. The summed E-state index contributed by atoms with van der Waals surface area (Å²) in [6, 6.07) is 9.30. The van der Waals surface area contributed by atoms with Gasteiger partial charge in [-0.3, -0.25) is 9.59 Å². The topological polar surface area (TPSA) is 43.4 Å². The van der Waals surface area contributed by atoms with Crippen LogP contribution in [0.25, 0.3) is 0 Å². The van der Waals surface area contributed by atoms with Gasteiger partial charge in [0.05, 0.1) is 7.11 Å². The minimum atomic E-state index is -0.927. The lowest BCUT2D eigenvalue weighted by atomic mass is 9.44. The van der Waals surface area contributed by atoms with Crippen LogP contribution < -0.4 is 0 Å². The summed E-state index contributed by atoms with van der Waals surface area (Å²) < 4.78 is 5.16. The first kappa shape index (κ1) is 14.0. The molecule has 0 radical (unpaired) electrons. The number of Topliss-reactive ketones (excluding diaryl/α,β-unsaturated/α-hetero) is 1. The molecule has 4 aliphatic rings. The number of hydrogen-bond acceptors (Lipinski definition) is 3. The Hall–Kier alpha value is -1.64. The van der Waals surface area contributed by atoms with Gasteiger partial charge in [-0.2, -0.15) is 0 Å². The molecule has 0 aliphatic heterocycles. The third kappa shape index (κ3) is 1.74. The molecular weight excluding hydrogens is 276 g/mol. The molecule has 4 aliphatic carbocycles. The first-order valence-corrected chi connectivity index (χ1v) is 8.34. The van der Waals surface area contributed by atoms with E-state index in [1.807, 2.05) is 30.3 Å². The van der Waals surface area contributed by atoms with Crippen LogP contribution in [0, 0.1) is 29.1 Å². The summed E-state index contributed by atoms with van der Waals surface area (Å²) in [4.78, 5) is 26.2. The molecule has 1 aromatic carbocycles. The first-order chi connectivity index (χ1) is 10.7. The van der Waals surface area contributed by atoms with Crippen molar-refractivity contribution in [3.8, 4) is 0 Å². The van der Waals surface area contributed by atoms with E-state index in [1.54, 1.807) is 0 Å². The summed E-state index contributed by atoms with van der Waals surface area (Å²) in [7, 11) is 1.42. The molecule has 0 heterocycles. The molecule has 0 N–H and O–H groups in total. The number of rotatable bonds is 3. The van der Waals surface area contributed by atoms with Gasteiger partial charge in [-0.25, -0.2) is 0 Å². The van der Waals surface area contributed by atoms with Gasteiger partial charge < -0.3 is 4.74 Å². The Kier molecular flexibility index (Phi) is 3.14. The predicted octanol–water partition coefficient (Wildman–Crippen LogP) is 3.48. The fraction of sp³-hybridized carbons (Fsp3) is 0.579. The molecule has 4 bridgehead atoms. The van der Waals surface area contributed by atoms with Gasteiger partial charge in [0.2, 0.25) is 0 Å². The second kappa shape index (κ2) is 4.94. The Balaban J connectivity index is 1.81. The van der Waals surface area contributed by atoms with Gasteiger partial charge in [-0.05, 0) is 55.8 Å². The SMILES string of the molecule is COC(=O)C1(C(=O)c2ccccc2)C2CC3CC(C2)CC1C3. The molecule has 3 nitrogen and oxygen atoms in total. The summed E-state index contributed by atoms with van der Waals surface area (Å²) in [6.45, 7) is 0. The molecule has 0 saturated heterocycles. The summed E-state index contributed by atoms with van der Waals surface area (Å²) in [5, 5.41) is 0. The second-order valence-electron chi connectivity index (χ2n) is 7.36. The summed E-state index contributed by atoms with van der Waals surface area (Å²) in [5.41, 5.74) is -0.274. The van der Waals surface area contributed by atoms with E-state index >= 15 is 0 Å². The van der Waals surface area contributed by atoms with E-state index in [0.29, 0.717) is 17.4 Å². The maximum Gasteiger partial charge on any atom is 0.320 e. The molecule has 0 amide bonds. The Morgan fingerprint density at radius 2 is 1.50 bits per heavy atom. The third-order valence-corrected chi connectivity index (χ3v) is 6.36. The molecule has 4 saturated carbocycles. The molecule has 3 heteroatoms. The van der Waals surface area contributed by atoms with E-state index in [0.717, 1.165) is 25.7 Å². The van der Waals surface area contributed by atoms with Crippen molar-refractivity contribution >= 4 is 11.8 Å². The number of carbonyl (C=O) groups is 2. The predicted molar refractivity (Wildman–Crippen MR) is 82.3 cm³/mol. The minimum absolute atomic E-state index is 0.00579. The van der Waals surface area contributed by atoms with Gasteiger partial charge in [0.1, 0.15) is 5.41 Å². The quantitative estimate of drug-likeness (QED) is 0.487. The number of ketones is 1. The van der Waals surface area contributed by atoms with Crippen LogP contribution in [0.1, 0.15) is 42.5 Å². The lowest BCUT2D eigenvalue weighted by molar-refractivity contribution is -0.171. The lowest BCUT2D eigenvalue weighted by Crippen LogP contribution is -2.60. The van der Waals surface area contributed by atoms with Crippen LogP contribution in [0.15, 0.2) is 30.3 Å². The van der Waals surface area contributed by atoms with Crippen molar-refractivity contribution in [1.29, 1.82) is 0 Å². The number of carbonyl (C=O) groups excluding carboxylic acids is 2. The van der Waals surface area contributed by atoms with Crippen molar-refractivity contribution in [3.05, 3.63) is 35.9 Å². The van der Waals surface area contributed by atoms with E-state index in [1.165, 1.54) is 13.5 Å². The zero-order valence-electron chi connectivity index (χ0n) is 13.0. The van der Waals surface area contributed by atoms with Crippen LogP contribution in [0.5, 0.6) is 0 Å². The molecule has 0 spiro atoms. The molecule has 1 aromatic rings. The molecule has 0 atom stereocenters. The van der Waals surface area contributed by atoms with E-state index in [4.69, 9.17) is 4.74 Å². The molecule has 5 rings (SSSR count). The third-order valence-electron chi connectivity index (χ3n) is 6.36. The van der Waals surface area contributed by atoms with Gasteiger partial charge in [0.15, 0.2) is 5.78 Å². The zero-order valence-corrected chi connectivity index (χ0v) is 13.0. The standard InChI is InChI=1S/C19H22O3/c1-22-18(21)19(17(20)14-5-3-2-4-6-14)15-8-12-7-13(10-15)11-16(19)9-12/h2-6,12-13,15-16H,7-11H2,1H3. The van der Waals surface area contributed by atoms with Crippen molar-refractivity contribution in [2.75, 3.05) is 7.11 Å². The fourth-order valence-corrected chi connectivity index (χ4v) is 5.72. The van der Waals surface area contributed by atoms with Gasteiger partial charge in [0, 0.05) is 5.56 Å². The van der Waals surface area contributed by atoms with Crippen LogP contribution in [0.2, 0.25) is 0 Å². The van der Waals surface area contributed by atoms with Gasteiger partial charge >= 0.3 is 5.97 Å². The van der Waals surface area contributed by atoms with Crippen molar-refractivity contribution in [2.45, 2.75) is 32.1 Å². The number of benzene rings is 1. The van der Waals surface area contributed by atoms with Crippen LogP contribution in [-0.4, -0.2) is 18.9 Å². The number of esters is 1. The van der Waals surface area contributed by atoms with Crippen molar-refractivity contribution in [3.63, 3.8) is 0 Å². The molecular formula is C19H22O3. The maximum absolute atomic E-state index is 13.4. The minimum Gasteiger partial charge on any atom is -0.468 e. The highest BCUT2D eigenvalue weighted by atomic mass is 16.5. The molecule has 22 heavy (non-hydrogen) atoms. The van der Waals surface area contributed by atoms with Crippen LogP contribution in [0.4, 0.5) is 0 Å². The summed E-state index contributed by atoms with van der Waals surface area (Å²) in [6.07, 6.45) is 5.35. The zero-order chi connectivity index (χ0) is 15.3. The molecule has 116 valence electrons. The van der Waals surface area contributed by atoms with Crippen molar-refractivity contribution in [2.24, 2.45) is 29.1 Å². The summed E-state index contributed by atoms with van der Waals surface area (Å²) in [5.74, 6) is 1.46. The Bertz CT molecular complexity index is 576. The summed E-state index contributed by atoms with van der Waals surface area (Å²) >= 11 is 0. The van der Waals surface area contributed by atoms with E-state index in [-0.39, 0.29) is 23.6 Å². The highest BCUT2D eigenvalue weighted by molar-refractivity contribution is 6.13. The number of hydrogen-bond donors (Lipinski definition) is 0. The lowest BCUT2D eigenvalue weighted by Gasteiger charge is -2.58. The monoisotopic (exact) mass is 298 g/mol. The Morgan fingerprint density at radius 1 is 0.955 bits per heavy atom. The van der Waals surface area contributed by atoms with Crippen molar-refractivity contribution < 1.29 is 14.3 Å². The highest BCUT2D eigenvalue weighted by Crippen LogP contribution is 2.63. The normalized spacial score (nSPS) is 38.8. The number of ether oxygens (including phenoxy) is 1. The maximum atomic E-state index is 13.4. The Morgan fingerprint density at radius 3 is 2.00 bits per heavy atom. The first-order valence-electron chi connectivity index (χ1n) is 8.34. The molecule has 0 aromatic heterocycles. The second-order valence-corrected chi connectivity index (χ2v) is 7.36. The van der Waals surface area contributed by atoms with Crippen LogP contribution in [-0.2, 0) is 9.53 Å². The van der Waals surface area contributed by atoms with Gasteiger partial charge in [0.25, 0.3) is 0 Å². The van der Waals surface area contributed by atoms with E-state index < -0.39 is 5.41 Å². The van der Waals surface area contributed by atoms with E-state index in [9.17, 15) is 9.59 Å². The molecule has 0 unspecified atom stereocenters. The van der Waals surface area contributed by atoms with Gasteiger partial charge in [-0.15, -0.1) is 0 Å². The highest BCUT2D eigenvalue weighted by Gasteiger charge is 2.65. The smallest absolute Gasteiger partial charge is 0.320 e. The van der Waals surface area contributed by atoms with Crippen LogP contribution in [0.3, 0.4) is 0 Å².